The van der Waals surface area contributed by atoms with E-state index >= 15 is 0 Å². The van der Waals surface area contributed by atoms with Crippen LogP contribution in [0, 0.1) is 0 Å². The van der Waals surface area contributed by atoms with Gasteiger partial charge in [-0.05, 0) is 24.8 Å². The first-order valence-electron chi connectivity index (χ1n) is 8.86. The van der Waals surface area contributed by atoms with E-state index in [2.05, 4.69) is 4.98 Å². The van der Waals surface area contributed by atoms with Gasteiger partial charge < -0.3 is 14.6 Å². The summed E-state index contributed by atoms with van der Waals surface area (Å²) in [6.07, 6.45) is 3.03. The number of carbonyl (C=O) groups is 1. The van der Waals surface area contributed by atoms with E-state index < -0.39 is 17.4 Å². The monoisotopic (exact) mass is 357 g/mol. The fourth-order valence-electron chi connectivity index (χ4n) is 3.43. The molecule has 138 valence electrons. The number of nitrogens with one attached hydrogen (secondary N) is 1. The third-order valence-electron chi connectivity index (χ3n) is 4.81. The number of aromatic nitrogens is 2. The molecule has 7 nitrogen and oxygen atoms in total. The fourth-order valence-corrected chi connectivity index (χ4v) is 3.43. The molecule has 1 aromatic carbocycles. The summed E-state index contributed by atoms with van der Waals surface area (Å²) in [7, 11) is 0. The molecule has 26 heavy (non-hydrogen) atoms. The molecule has 1 amide bonds. The molecule has 2 atom stereocenters. The van der Waals surface area contributed by atoms with Crippen LogP contribution in [0.25, 0.3) is 0 Å². The van der Waals surface area contributed by atoms with Crippen LogP contribution in [0.3, 0.4) is 0 Å². The van der Waals surface area contributed by atoms with Crippen molar-refractivity contribution in [3.63, 3.8) is 0 Å². The van der Waals surface area contributed by atoms with Gasteiger partial charge in [0.2, 0.25) is 5.91 Å². The van der Waals surface area contributed by atoms with E-state index in [1.54, 1.807) is 4.90 Å². The number of aliphatic hydroxyl groups is 1. The van der Waals surface area contributed by atoms with E-state index in [-0.39, 0.29) is 24.9 Å². The molecule has 1 aliphatic heterocycles. The third kappa shape index (κ3) is 4.29. The number of aryl methyl sites for hydroxylation is 1. The summed E-state index contributed by atoms with van der Waals surface area (Å²) in [6, 6.07) is 10.8. The molecule has 0 radical (unpaired) electrons. The second-order valence-electron chi connectivity index (χ2n) is 6.61. The Morgan fingerprint density at radius 1 is 1.19 bits per heavy atom. The zero-order chi connectivity index (χ0) is 18.5. The Balaban J connectivity index is 1.69. The van der Waals surface area contributed by atoms with Crippen LogP contribution in [0.5, 0.6) is 0 Å². The van der Waals surface area contributed by atoms with Gasteiger partial charge >= 0.3 is 5.69 Å². The van der Waals surface area contributed by atoms with Crippen LogP contribution in [-0.2, 0) is 17.8 Å². The molecular weight excluding hydrogens is 334 g/mol. The highest BCUT2D eigenvalue weighted by Gasteiger charge is 2.32. The Morgan fingerprint density at radius 2 is 1.96 bits per heavy atom. The minimum atomic E-state index is -0.552. The van der Waals surface area contributed by atoms with Crippen molar-refractivity contribution in [1.82, 2.24) is 14.5 Å². The normalized spacial score (nSPS) is 20.1. The molecule has 0 unspecified atom stereocenters. The summed E-state index contributed by atoms with van der Waals surface area (Å²) in [5.41, 5.74) is 0.0950. The van der Waals surface area contributed by atoms with E-state index in [0.717, 1.165) is 12.0 Å². The van der Waals surface area contributed by atoms with E-state index in [0.29, 0.717) is 19.4 Å². The average Bonchev–Trinajstić information content (AvgIpc) is 2.63. The van der Waals surface area contributed by atoms with Crippen LogP contribution in [0.4, 0.5) is 0 Å². The number of nitrogens with zero attached hydrogens (tertiary/aromatic N) is 2. The van der Waals surface area contributed by atoms with Gasteiger partial charge in [-0.3, -0.25) is 14.6 Å². The van der Waals surface area contributed by atoms with Gasteiger partial charge in [0.05, 0.1) is 12.1 Å². The van der Waals surface area contributed by atoms with Gasteiger partial charge in [0.15, 0.2) is 0 Å². The maximum absolute atomic E-state index is 12.7. The van der Waals surface area contributed by atoms with Gasteiger partial charge in [-0.25, -0.2) is 4.79 Å². The molecule has 1 aliphatic rings. The largest absolute Gasteiger partial charge is 0.391 e. The molecule has 7 heteroatoms. The van der Waals surface area contributed by atoms with E-state index in [1.165, 1.54) is 16.8 Å². The minimum absolute atomic E-state index is 0.0946. The van der Waals surface area contributed by atoms with E-state index in [4.69, 9.17) is 0 Å². The summed E-state index contributed by atoms with van der Waals surface area (Å²) >= 11 is 0. The number of aliphatic hydroxyl groups excluding tert-OH is 1. The van der Waals surface area contributed by atoms with Crippen molar-refractivity contribution in [2.45, 2.75) is 44.4 Å². The minimum Gasteiger partial charge on any atom is -0.391 e. The standard InChI is InChI=1S/C19H23N3O4/c23-16-7-4-10-22(15(16)13-14-5-2-1-3-6-14)18(25)9-12-21-11-8-17(24)20-19(21)26/h1-3,5-6,8,11,15-16,23H,4,7,9-10,12-13H2,(H,20,24,26)/t15-,16-/m0/s1. The molecule has 1 fully saturated rings. The lowest BCUT2D eigenvalue weighted by Crippen LogP contribution is -2.52. The van der Waals surface area contributed by atoms with Crippen LogP contribution in [-0.4, -0.2) is 44.2 Å². The van der Waals surface area contributed by atoms with Crippen molar-refractivity contribution in [3.8, 4) is 0 Å². The first-order valence-corrected chi connectivity index (χ1v) is 8.86. The van der Waals surface area contributed by atoms with Crippen LogP contribution in [0.15, 0.2) is 52.2 Å². The lowest BCUT2D eigenvalue weighted by molar-refractivity contribution is -0.139. The Hall–Kier alpha value is -2.67. The zero-order valence-electron chi connectivity index (χ0n) is 14.5. The summed E-state index contributed by atoms with van der Waals surface area (Å²) in [6.45, 7) is 0.799. The molecule has 0 saturated carbocycles. The van der Waals surface area contributed by atoms with Crippen molar-refractivity contribution in [2.24, 2.45) is 0 Å². The van der Waals surface area contributed by atoms with Crippen molar-refractivity contribution in [2.75, 3.05) is 6.54 Å². The second kappa shape index (κ2) is 8.14. The number of H-pyrrole nitrogens is 1. The SMILES string of the molecule is O=C(CCn1ccc(=O)[nH]c1=O)N1CCC[C@H](O)[C@@H]1Cc1ccccc1. The van der Waals surface area contributed by atoms with Crippen molar-refractivity contribution in [3.05, 3.63) is 69.0 Å². The molecule has 1 aromatic heterocycles. The number of benzene rings is 1. The van der Waals surface area contributed by atoms with Crippen molar-refractivity contribution < 1.29 is 9.90 Å². The number of carbonyl (C=O) groups excluding carboxylic acids is 1. The molecule has 0 aliphatic carbocycles. The van der Waals surface area contributed by atoms with E-state index in [9.17, 15) is 19.5 Å². The first-order chi connectivity index (χ1) is 12.5. The lowest BCUT2D eigenvalue weighted by atomic mass is 9.92. The summed E-state index contributed by atoms with van der Waals surface area (Å²) in [5.74, 6) is -0.0946. The average molecular weight is 357 g/mol. The van der Waals surface area contributed by atoms with Gasteiger partial charge in [0, 0.05) is 31.8 Å². The third-order valence-corrected chi connectivity index (χ3v) is 4.81. The van der Waals surface area contributed by atoms with Crippen LogP contribution in [0.2, 0.25) is 0 Å². The molecular formula is C19H23N3O4. The van der Waals surface area contributed by atoms with Gasteiger partial charge in [-0.2, -0.15) is 0 Å². The maximum atomic E-state index is 12.7. The first kappa shape index (κ1) is 18.1. The molecule has 2 heterocycles. The molecule has 0 bridgehead atoms. The van der Waals surface area contributed by atoms with Crippen LogP contribution in [0.1, 0.15) is 24.8 Å². The number of aromatic amines is 1. The number of hydrogen-bond acceptors (Lipinski definition) is 4. The number of amides is 1. The lowest BCUT2D eigenvalue weighted by Gasteiger charge is -2.39. The maximum Gasteiger partial charge on any atom is 0.328 e. The Bertz CT molecular complexity index is 859. The van der Waals surface area contributed by atoms with Crippen LogP contribution < -0.4 is 11.2 Å². The van der Waals surface area contributed by atoms with Gasteiger partial charge in [0.1, 0.15) is 0 Å². The molecule has 1 saturated heterocycles. The fraction of sp³-hybridized carbons (Fsp3) is 0.421. The smallest absolute Gasteiger partial charge is 0.328 e. The number of hydrogen-bond donors (Lipinski definition) is 2. The van der Waals surface area contributed by atoms with Crippen LogP contribution >= 0.6 is 0 Å². The Kier molecular flexibility index (Phi) is 5.68. The summed E-state index contributed by atoms with van der Waals surface area (Å²) in [4.78, 5) is 39.5. The highest BCUT2D eigenvalue weighted by atomic mass is 16.3. The van der Waals surface area contributed by atoms with E-state index in [1.807, 2.05) is 30.3 Å². The number of likely N-dealkylation sites (tertiary alicyclic amines) is 1. The Labute approximate surface area is 150 Å². The number of rotatable bonds is 5. The predicted molar refractivity (Wildman–Crippen MR) is 96.8 cm³/mol. The highest BCUT2D eigenvalue weighted by Crippen LogP contribution is 2.22. The number of piperidine rings is 1. The summed E-state index contributed by atoms with van der Waals surface area (Å²) < 4.78 is 1.31. The van der Waals surface area contributed by atoms with Gasteiger partial charge in [-0.15, -0.1) is 0 Å². The highest BCUT2D eigenvalue weighted by molar-refractivity contribution is 5.76. The molecule has 3 rings (SSSR count). The van der Waals surface area contributed by atoms with Gasteiger partial charge in [-0.1, -0.05) is 30.3 Å². The molecule has 2 aromatic rings. The quantitative estimate of drug-likeness (QED) is 0.816. The molecule has 2 N–H and O–H groups in total. The predicted octanol–water partition coefficient (Wildman–Crippen LogP) is 0.521. The molecule has 0 spiro atoms. The topological polar surface area (TPSA) is 95.4 Å². The Morgan fingerprint density at radius 3 is 2.69 bits per heavy atom. The van der Waals surface area contributed by atoms with Gasteiger partial charge in [0.25, 0.3) is 5.56 Å². The van der Waals surface area contributed by atoms with Crippen molar-refractivity contribution in [1.29, 1.82) is 0 Å². The summed E-state index contributed by atoms with van der Waals surface area (Å²) in [5, 5.41) is 10.4. The second-order valence-corrected chi connectivity index (χ2v) is 6.61. The van der Waals surface area contributed by atoms with Crippen molar-refractivity contribution >= 4 is 5.91 Å². The zero-order valence-corrected chi connectivity index (χ0v) is 14.5.